The molecule has 9 nitrogen and oxygen atoms in total. The van der Waals surface area contributed by atoms with E-state index in [0.717, 1.165) is 12.8 Å². The Morgan fingerprint density at radius 1 is 1.26 bits per heavy atom. The summed E-state index contributed by atoms with van der Waals surface area (Å²) in [7, 11) is -0.594. The van der Waals surface area contributed by atoms with Crippen LogP contribution in [0.3, 0.4) is 0 Å². The van der Waals surface area contributed by atoms with E-state index in [-0.39, 0.29) is 23.2 Å². The van der Waals surface area contributed by atoms with E-state index >= 15 is 0 Å². The second-order valence-electron chi connectivity index (χ2n) is 11.5. The number of aliphatic hydroxyl groups excluding tert-OH is 1. The summed E-state index contributed by atoms with van der Waals surface area (Å²) >= 11 is 0. The highest BCUT2D eigenvalue weighted by molar-refractivity contribution is 6.48. The van der Waals surface area contributed by atoms with Crippen LogP contribution >= 0.6 is 0 Å². The normalized spacial score (nSPS) is 31.1. The number of nitrogens with one attached hydrogen (secondary N) is 2. The summed E-state index contributed by atoms with van der Waals surface area (Å²) in [5, 5.41) is 15.7. The highest BCUT2D eigenvalue weighted by Gasteiger charge is 2.68. The number of carbonyl (C=O) groups is 2. The zero-order valence-electron chi connectivity index (χ0n) is 21.5. The molecule has 3 saturated carbocycles. The van der Waals surface area contributed by atoms with Gasteiger partial charge in [0, 0.05) is 6.20 Å². The van der Waals surface area contributed by atoms with Gasteiger partial charge in [0.15, 0.2) is 5.75 Å². The molecule has 5 rings (SSSR count). The van der Waals surface area contributed by atoms with Gasteiger partial charge in [-0.1, -0.05) is 27.7 Å². The first kappa shape index (κ1) is 25.9. The minimum Gasteiger partial charge on any atom is -0.409 e. The van der Waals surface area contributed by atoms with Crippen LogP contribution in [0.1, 0.15) is 60.8 Å². The molecule has 0 unspecified atom stereocenters. The first-order valence-corrected chi connectivity index (χ1v) is 12.6. The van der Waals surface area contributed by atoms with E-state index in [1.807, 2.05) is 0 Å². The van der Waals surface area contributed by atoms with Crippen molar-refractivity contribution < 1.29 is 28.7 Å². The van der Waals surface area contributed by atoms with Crippen molar-refractivity contribution >= 4 is 19.1 Å². The molecule has 7 atom stereocenters. The Morgan fingerprint density at radius 3 is 2.60 bits per heavy atom. The lowest BCUT2D eigenvalue weighted by atomic mass is 9.43. The average molecular weight is 487 g/mol. The lowest BCUT2D eigenvalue weighted by Gasteiger charge is -2.64. The molecule has 0 aromatic carbocycles. The van der Waals surface area contributed by atoms with Gasteiger partial charge in [-0.05, 0) is 68.4 Å². The van der Waals surface area contributed by atoms with Crippen molar-refractivity contribution in [1.82, 2.24) is 15.6 Å². The molecule has 2 bridgehead atoms. The van der Waals surface area contributed by atoms with Gasteiger partial charge in [-0.3, -0.25) is 9.78 Å². The SMILES string of the molecule is CC(C)C[C@H](NC(=O)[C@@H](NC(=O)Oc1cccnc1)[C@@H](C)O)B1O[C@@H]2C[C@@H]3C[C@@H](C3(C)C)[C@]2(C)O1. The molecule has 0 spiro atoms. The molecule has 1 aromatic rings. The highest BCUT2D eigenvalue weighted by atomic mass is 16.7. The van der Waals surface area contributed by atoms with Gasteiger partial charge in [-0.25, -0.2) is 4.79 Å². The third-order valence-corrected chi connectivity index (χ3v) is 8.23. The quantitative estimate of drug-likeness (QED) is 0.483. The molecule has 4 aliphatic rings. The number of hydrogen-bond acceptors (Lipinski definition) is 7. The summed E-state index contributed by atoms with van der Waals surface area (Å²) in [5.41, 5.74) is -0.172. The standard InChI is InChI=1S/C25H38BN3O6/c1-14(2)10-20(26-34-19-12-16-11-18(24(16,4)5)25(19,6)35-26)28-22(31)21(15(3)30)29-23(32)33-17-8-7-9-27-13-17/h7-9,13-16,18-21,30H,10-12H2,1-6H3,(H,28,31)(H,29,32)/t15-,16+,18+,19-,20+,21+,25+/m1/s1. The molecule has 3 N–H and O–H groups in total. The van der Waals surface area contributed by atoms with E-state index in [2.05, 4.69) is 50.2 Å². The van der Waals surface area contributed by atoms with Crippen LogP contribution in [0, 0.1) is 23.2 Å². The number of aliphatic hydroxyl groups is 1. The minimum absolute atomic E-state index is 0.00372. The molecule has 3 aliphatic carbocycles. The van der Waals surface area contributed by atoms with Gasteiger partial charge in [-0.2, -0.15) is 0 Å². The summed E-state index contributed by atoms with van der Waals surface area (Å²) in [5.74, 6) is 0.584. The summed E-state index contributed by atoms with van der Waals surface area (Å²) < 4.78 is 18.2. The Bertz CT molecular complexity index is 929. The van der Waals surface area contributed by atoms with Crippen molar-refractivity contribution in [2.45, 2.75) is 90.6 Å². The van der Waals surface area contributed by atoms with Crippen LogP contribution in [0.4, 0.5) is 4.79 Å². The first-order valence-electron chi connectivity index (χ1n) is 12.6. The Labute approximate surface area is 207 Å². The van der Waals surface area contributed by atoms with E-state index in [1.54, 1.807) is 18.3 Å². The van der Waals surface area contributed by atoms with E-state index in [0.29, 0.717) is 18.3 Å². The molecule has 192 valence electrons. The van der Waals surface area contributed by atoms with E-state index in [4.69, 9.17) is 14.0 Å². The van der Waals surface area contributed by atoms with Crippen LogP contribution < -0.4 is 15.4 Å². The van der Waals surface area contributed by atoms with Crippen molar-refractivity contribution in [3.05, 3.63) is 24.5 Å². The summed E-state index contributed by atoms with van der Waals surface area (Å²) in [6.45, 7) is 12.3. The molecule has 1 aliphatic heterocycles. The fourth-order valence-corrected chi connectivity index (χ4v) is 6.17. The molecule has 10 heteroatoms. The predicted molar refractivity (Wildman–Crippen MR) is 130 cm³/mol. The third-order valence-electron chi connectivity index (χ3n) is 8.23. The molecular formula is C25H38BN3O6. The third kappa shape index (κ3) is 5.06. The summed E-state index contributed by atoms with van der Waals surface area (Å²) in [6, 6.07) is 1.99. The van der Waals surface area contributed by atoms with E-state index in [1.165, 1.54) is 13.1 Å². The van der Waals surface area contributed by atoms with Gasteiger partial charge in [0.25, 0.3) is 0 Å². The molecule has 4 fully saturated rings. The van der Waals surface area contributed by atoms with Crippen molar-refractivity contribution in [3.8, 4) is 5.75 Å². The monoisotopic (exact) mass is 487 g/mol. The fraction of sp³-hybridized carbons (Fsp3) is 0.720. The van der Waals surface area contributed by atoms with Crippen molar-refractivity contribution in [2.24, 2.45) is 23.2 Å². The second-order valence-corrected chi connectivity index (χ2v) is 11.5. The van der Waals surface area contributed by atoms with E-state index in [9.17, 15) is 14.7 Å². The van der Waals surface area contributed by atoms with Gasteiger partial charge in [0.1, 0.15) is 6.04 Å². The number of nitrogens with zero attached hydrogens (tertiary/aromatic N) is 1. The van der Waals surface area contributed by atoms with Crippen LogP contribution in [0.2, 0.25) is 0 Å². The van der Waals surface area contributed by atoms with Gasteiger partial charge < -0.3 is 29.8 Å². The maximum Gasteiger partial charge on any atom is 0.481 e. The van der Waals surface area contributed by atoms with Crippen LogP contribution in [-0.4, -0.2) is 59.0 Å². The maximum atomic E-state index is 13.2. The van der Waals surface area contributed by atoms with Crippen LogP contribution in [0.15, 0.2) is 24.5 Å². The van der Waals surface area contributed by atoms with Crippen molar-refractivity contribution in [1.29, 1.82) is 0 Å². The maximum absolute atomic E-state index is 13.2. The molecule has 2 heterocycles. The largest absolute Gasteiger partial charge is 0.481 e. The highest BCUT2D eigenvalue weighted by Crippen LogP contribution is 2.65. The Hall–Kier alpha value is -2.17. The second kappa shape index (κ2) is 9.71. The molecule has 35 heavy (non-hydrogen) atoms. The van der Waals surface area contributed by atoms with Gasteiger partial charge in [-0.15, -0.1) is 0 Å². The number of ether oxygens (including phenoxy) is 1. The van der Waals surface area contributed by atoms with Gasteiger partial charge >= 0.3 is 13.2 Å². The lowest BCUT2D eigenvalue weighted by Crippen LogP contribution is -2.65. The van der Waals surface area contributed by atoms with E-state index < -0.39 is 42.8 Å². The topological polar surface area (TPSA) is 119 Å². The molecular weight excluding hydrogens is 449 g/mol. The molecule has 1 aromatic heterocycles. The average Bonchev–Trinajstić information content (AvgIpc) is 3.14. The van der Waals surface area contributed by atoms with Gasteiger partial charge in [0.2, 0.25) is 5.91 Å². The van der Waals surface area contributed by atoms with Crippen molar-refractivity contribution in [3.63, 3.8) is 0 Å². The number of carbonyl (C=O) groups excluding carboxylic acids is 2. The number of hydrogen-bond donors (Lipinski definition) is 3. The fourth-order valence-electron chi connectivity index (χ4n) is 6.17. The van der Waals surface area contributed by atoms with Crippen LogP contribution in [0.5, 0.6) is 5.75 Å². The molecule has 1 saturated heterocycles. The lowest BCUT2D eigenvalue weighted by molar-refractivity contribution is -0.199. The Kier molecular flexibility index (Phi) is 7.19. The Morgan fingerprint density at radius 2 is 2.00 bits per heavy atom. The first-order chi connectivity index (χ1) is 16.4. The zero-order chi connectivity index (χ0) is 25.5. The predicted octanol–water partition coefficient (Wildman–Crippen LogP) is 2.72. The molecule has 2 amide bonds. The number of pyridine rings is 1. The van der Waals surface area contributed by atoms with Gasteiger partial charge in [0.05, 0.1) is 29.9 Å². The minimum atomic E-state index is -1.21. The smallest absolute Gasteiger partial charge is 0.409 e. The Balaban J connectivity index is 1.43. The summed E-state index contributed by atoms with van der Waals surface area (Å²) in [6.07, 6.45) is 3.67. The molecule has 0 radical (unpaired) electrons. The number of aromatic nitrogens is 1. The summed E-state index contributed by atoms with van der Waals surface area (Å²) in [4.78, 5) is 29.5. The number of rotatable bonds is 8. The van der Waals surface area contributed by atoms with Crippen LogP contribution in [0.25, 0.3) is 0 Å². The van der Waals surface area contributed by atoms with Crippen LogP contribution in [-0.2, 0) is 14.1 Å². The van der Waals surface area contributed by atoms with Crippen molar-refractivity contribution in [2.75, 3.05) is 0 Å². The number of amides is 2. The zero-order valence-corrected chi connectivity index (χ0v) is 21.5.